The fourth-order valence-corrected chi connectivity index (χ4v) is 1.71. The van der Waals surface area contributed by atoms with Gasteiger partial charge in [0.1, 0.15) is 5.15 Å². The van der Waals surface area contributed by atoms with E-state index in [9.17, 15) is 14.9 Å². The van der Waals surface area contributed by atoms with Crippen molar-refractivity contribution < 1.29 is 9.72 Å². The van der Waals surface area contributed by atoms with Gasteiger partial charge in [0.25, 0.3) is 11.6 Å². The second kappa shape index (κ2) is 5.81. The third-order valence-electron chi connectivity index (χ3n) is 2.25. The summed E-state index contributed by atoms with van der Waals surface area (Å²) in [6.07, 6.45) is 1.36. The number of nitro benzene ring substituents is 1. The van der Waals surface area contributed by atoms with E-state index in [1.165, 1.54) is 24.4 Å². The molecule has 2 aromatic rings. The monoisotopic (exact) mass is 312 g/mol. The minimum absolute atomic E-state index is 0.0231. The molecule has 0 unspecified atom stereocenters. The molecule has 102 valence electrons. The largest absolute Gasteiger partial charge is 0.290 e. The van der Waals surface area contributed by atoms with Gasteiger partial charge in [-0.05, 0) is 12.1 Å². The van der Waals surface area contributed by atoms with Crippen LogP contribution >= 0.6 is 23.2 Å². The lowest BCUT2D eigenvalue weighted by molar-refractivity contribution is -0.384. The van der Waals surface area contributed by atoms with E-state index in [-0.39, 0.29) is 27.4 Å². The van der Waals surface area contributed by atoms with Gasteiger partial charge in [-0.1, -0.05) is 23.2 Å². The quantitative estimate of drug-likeness (QED) is 0.533. The van der Waals surface area contributed by atoms with Gasteiger partial charge in [-0.3, -0.25) is 20.2 Å². The van der Waals surface area contributed by atoms with Crippen LogP contribution in [0, 0.1) is 10.1 Å². The minimum atomic E-state index is -0.666. The van der Waals surface area contributed by atoms with E-state index >= 15 is 0 Å². The SMILES string of the molecule is O=C(Nc1nccc(Cl)n1)c1cc([N+](=O)[O-])ccc1Cl. The first kappa shape index (κ1) is 14.2. The molecule has 1 heterocycles. The van der Waals surface area contributed by atoms with Crippen LogP contribution in [0.1, 0.15) is 10.4 Å². The fourth-order valence-electron chi connectivity index (χ4n) is 1.37. The Labute approximate surface area is 122 Å². The number of nitrogens with zero attached hydrogens (tertiary/aromatic N) is 3. The van der Waals surface area contributed by atoms with Crippen molar-refractivity contribution in [2.45, 2.75) is 0 Å². The van der Waals surface area contributed by atoms with Gasteiger partial charge in [0.2, 0.25) is 5.95 Å². The van der Waals surface area contributed by atoms with Crippen molar-refractivity contribution in [2.75, 3.05) is 5.32 Å². The lowest BCUT2D eigenvalue weighted by Gasteiger charge is -2.05. The Bertz CT molecular complexity index is 693. The zero-order valence-electron chi connectivity index (χ0n) is 9.71. The summed E-state index contributed by atoms with van der Waals surface area (Å²) >= 11 is 11.5. The zero-order valence-corrected chi connectivity index (χ0v) is 11.2. The number of hydrogen-bond acceptors (Lipinski definition) is 5. The minimum Gasteiger partial charge on any atom is -0.290 e. The molecule has 1 aromatic carbocycles. The smallest absolute Gasteiger partial charge is 0.270 e. The van der Waals surface area contributed by atoms with E-state index in [1.807, 2.05) is 0 Å². The summed E-state index contributed by atoms with van der Waals surface area (Å²) in [6, 6.07) is 4.99. The number of nitrogens with one attached hydrogen (secondary N) is 1. The highest BCUT2D eigenvalue weighted by Gasteiger charge is 2.16. The van der Waals surface area contributed by atoms with E-state index in [0.29, 0.717) is 0 Å². The maximum atomic E-state index is 12.0. The van der Waals surface area contributed by atoms with Crippen LogP contribution in [0.15, 0.2) is 30.5 Å². The van der Waals surface area contributed by atoms with Gasteiger partial charge in [-0.25, -0.2) is 9.97 Å². The van der Waals surface area contributed by atoms with Gasteiger partial charge in [-0.2, -0.15) is 0 Å². The average Bonchev–Trinajstić information content (AvgIpc) is 2.38. The summed E-state index contributed by atoms with van der Waals surface area (Å²) in [6.45, 7) is 0. The standard InChI is InChI=1S/C11H6Cl2N4O3/c12-8-2-1-6(17(19)20)5-7(8)10(18)16-11-14-4-3-9(13)15-11/h1-5H,(H,14,15,16,18). The van der Waals surface area contributed by atoms with Crippen LogP contribution in [0.5, 0.6) is 0 Å². The van der Waals surface area contributed by atoms with E-state index in [2.05, 4.69) is 15.3 Å². The van der Waals surface area contributed by atoms with Crippen molar-refractivity contribution in [1.29, 1.82) is 0 Å². The molecule has 1 amide bonds. The molecule has 0 spiro atoms. The van der Waals surface area contributed by atoms with Crippen molar-refractivity contribution >= 4 is 40.7 Å². The molecule has 9 heteroatoms. The number of non-ortho nitro benzene ring substituents is 1. The second-order valence-electron chi connectivity index (χ2n) is 3.58. The van der Waals surface area contributed by atoms with Crippen molar-refractivity contribution in [1.82, 2.24) is 9.97 Å². The van der Waals surface area contributed by atoms with E-state index in [1.54, 1.807) is 0 Å². The molecule has 1 N–H and O–H groups in total. The normalized spacial score (nSPS) is 10.1. The lowest BCUT2D eigenvalue weighted by Crippen LogP contribution is -2.14. The fraction of sp³-hybridized carbons (Fsp3) is 0. The third kappa shape index (κ3) is 3.19. The first-order valence-corrected chi connectivity index (χ1v) is 5.97. The third-order valence-corrected chi connectivity index (χ3v) is 2.79. The predicted octanol–water partition coefficient (Wildman–Crippen LogP) is 2.94. The number of hydrogen-bond donors (Lipinski definition) is 1. The molecular formula is C11H6Cl2N4O3. The van der Waals surface area contributed by atoms with E-state index in [4.69, 9.17) is 23.2 Å². The average molecular weight is 313 g/mol. The molecule has 0 saturated carbocycles. The molecule has 0 radical (unpaired) electrons. The first-order chi connectivity index (χ1) is 9.47. The van der Waals surface area contributed by atoms with Crippen molar-refractivity contribution in [3.63, 3.8) is 0 Å². The number of rotatable bonds is 3. The first-order valence-electron chi connectivity index (χ1n) is 5.21. The van der Waals surface area contributed by atoms with Gasteiger partial charge in [0.15, 0.2) is 0 Å². The number of aromatic nitrogens is 2. The molecule has 0 bridgehead atoms. The van der Waals surface area contributed by atoms with Gasteiger partial charge in [0, 0.05) is 18.3 Å². The summed E-state index contributed by atoms with van der Waals surface area (Å²) in [5.41, 5.74) is -0.295. The molecular weight excluding hydrogens is 307 g/mol. The Balaban J connectivity index is 2.29. The van der Waals surface area contributed by atoms with Crippen molar-refractivity contribution in [3.8, 4) is 0 Å². The summed E-state index contributed by atoms with van der Waals surface area (Å²) in [5, 5.41) is 13.3. The molecule has 0 aliphatic carbocycles. The van der Waals surface area contributed by atoms with E-state index in [0.717, 1.165) is 6.07 Å². The number of carbonyl (C=O) groups excluding carboxylic acids is 1. The molecule has 0 aliphatic heterocycles. The Kier molecular flexibility index (Phi) is 4.11. The van der Waals surface area contributed by atoms with Gasteiger partial charge in [-0.15, -0.1) is 0 Å². The molecule has 20 heavy (non-hydrogen) atoms. The lowest BCUT2D eigenvalue weighted by atomic mass is 10.2. The molecule has 1 aromatic heterocycles. The van der Waals surface area contributed by atoms with Crippen LogP contribution < -0.4 is 5.32 Å². The van der Waals surface area contributed by atoms with Crippen molar-refractivity contribution in [3.05, 3.63) is 56.3 Å². The topological polar surface area (TPSA) is 98.0 Å². The van der Waals surface area contributed by atoms with Crippen LogP contribution in [0.4, 0.5) is 11.6 Å². The van der Waals surface area contributed by atoms with Gasteiger partial charge < -0.3 is 0 Å². The number of amides is 1. The number of halogens is 2. The number of nitro groups is 1. The molecule has 2 rings (SSSR count). The Morgan fingerprint density at radius 1 is 1.30 bits per heavy atom. The summed E-state index contributed by atoms with van der Waals surface area (Å²) in [4.78, 5) is 29.6. The maximum Gasteiger partial charge on any atom is 0.270 e. The summed E-state index contributed by atoms with van der Waals surface area (Å²) in [5.74, 6) is -0.689. The Hall–Kier alpha value is -2.25. The number of benzene rings is 1. The number of carbonyl (C=O) groups is 1. The molecule has 0 aliphatic rings. The van der Waals surface area contributed by atoms with Crippen LogP contribution in [0.25, 0.3) is 0 Å². The van der Waals surface area contributed by atoms with Crippen LogP contribution in [-0.4, -0.2) is 20.8 Å². The van der Waals surface area contributed by atoms with Gasteiger partial charge >= 0.3 is 0 Å². The van der Waals surface area contributed by atoms with Crippen molar-refractivity contribution in [2.24, 2.45) is 0 Å². The zero-order chi connectivity index (χ0) is 14.7. The Morgan fingerprint density at radius 3 is 2.70 bits per heavy atom. The molecule has 0 atom stereocenters. The van der Waals surface area contributed by atoms with Crippen LogP contribution in [0.2, 0.25) is 10.2 Å². The predicted molar refractivity (Wildman–Crippen MR) is 73.1 cm³/mol. The maximum absolute atomic E-state index is 12.0. The van der Waals surface area contributed by atoms with Crippen LogP contribution in [0.3, 0.4) is 0 Å². The highest BCUT2D eigenvalue weighted by molar-refractivity contribution is 6.34. The van der Waals surface area contributed by atoms with Gasteiger partial charge in [0.05, 0.1) is 15.5 Å². The van der Waals surface area contributed by atoms with Crippen LogP contribution in [-0.2, 0) is 0 Å². The highest BCUT2D eigenvalue weighted by atomic mass is 35.5. The molecule has 0 saturated heterocycles. The molecule has 0 fully saturated rings. The Morgan fingerprint density at radius 2 is 2.05 bits per heavy atom. The summed E-state index contributed by atoms with van der Waals surface area (Å²) < 4.78 is 0. The number of anilines is 1. The van der Waals surface area contributed by atoms with E-state index < -0.39 is 10.8 Å². The molecule has 7 nitrogen and oxygen atoms in total. The summed E-state index contributed by atoms with van der Waals surface area (Å²) in [7, 11) is 0. The second-order valence-corrected chi connectivity index (χ2v) is 4.37. The highest BCUT2D eigenvalue weighted by Crippen LogP contribution is 2.22.